The number of morpholine rings is 1. The molecule has 2 heterocycles. The van der Waals surface area contributed by atoms with Crippen LogP contribution in [0.1, 0.15) is 0 Å². The number of nitrogens with two attached hydrogens (primary N) is 1. The first-order valence-electron chi connectivity index (χ1n) is 6.12. The molecule has 3 N–H and O–H groups in total. The smallest absolute Gasteiger partial charge is 0.324 e. The molecule has 0 amide bonds. The highest BCUT2D eigenvalue weighted by molar-refractivity contribution is 5.42. The van der Waals surface area contributed by atoms with Gasteiger partial charge in [-0.2, -0.15) is 23.7 Å². The third kappa shape index (κ3) is 4.03. The molecular weight excluding hydrogens is 296 g/mol. The number of rotatable bonds is 5. The molecule has 0 unspecified atom stereocenters. The average molecular weight is 310 g/mol. The number of aromatic nitrogens is 3. The molecule has 0 bridgehead atoms. The van der Waals surface area contributed by atoms with Crippen molar-refractivity contribution in [2.24, 2.45) is 0 Å². The van der Waals surface area contributed by atoms with E-state index in [0.29, 0.717) is 26.3 Å². The predicted molar refractivity (Wildman–Crippen MR) is 66.7 cm³/mol. The second-order valence-corrected chi connectivity index (χ2v) is 4.33. The van der Waals surface area contributed by atoms with Crippen LogP contribution in [0, 0.1) is 0 Å². The Labute approximate surface area is 117 Å². The van der Waals surface area contributed by atoms with Crippen LogP contribution in [-0.4, -0.2) is 60.1 Å². The summed E-state index contributed by atoms with van der Waals surface area (Å²) in [5.41, 5.74) is 5.47. The first-order valence-corrected chi connectivity index (χ1v) is 6.12. The quantitative estimate of drug-likeness (QED) is 0.770. The maximum absolute atomic E-state index is 12.8. The van der Waals surface area contributed by atoms with Gasteiger partial charge in [-0.25, -0.2) is 8.78 Å². The van der Waals surface area contributed by atoms with Crippen molar-refractivity contribution in [2.75, 3.05) is 48.8 Å². The maximum Gasteiger partial charge on any atom is 0.324 e. The van der Waals surface area contributed by atoms with E-state index in [2.05, 4.69) is 20.3 Å². The maximum atomic E-state index is 12.8. The Morgan fingerprint density at radius 1 is 1.24 bits per heavy atom. The van der Waals surface area contributed by atoms with E-state index in [1.54, 1.807) is 4.90 Å². The van der Waals surface area contributed by atoms with Crippen LogP contribution in [0.2, 0.25) is 0 Å². The van der Waals surface area contributed by atoms with Gasteiger partial charge in [0.05, 0.1) is 19.8 Å². The van der Waals surface area contributed by atoms with Crippen molar-refractivity contribution in [1.29, 1.82) is 0 Å². The highest BCUT2D eigenvalue weighted by atomic mass is 19.3. The Morgan fingerprint density at radius 2 is 1.90 bits per heavy atom. The molecule has 21 heavy (non-hydrogen) atoms. The fraction of sp³-hybridized carbons (Fsp3) is 0.700. The number of nitrogen functional groups attached to an aromatic ring is 1. The minimum absolute atomic E-state index is 0.186. The molecule has 0 aromatic carbocycles. The summed E-state index contributed by atoms with van der Waals surface area (Å²) in [5, 5.41) is 2.06. The molecule has 0 saturated carbocycles. The molecule has 1 aromatic rings. The molecule has 1 fully saturated rings. The van der Waals surface area contributed by atoms with Gasteiger partial charge in [0.15, 0.2) is 0 Å². The van der Waals surface area contributed by atoms with Crippen LogP contribution in [0.5, 0.6) is 0 Å². The molecule has 118 valence electrons. The first kappa shape index (κ1) is 15.5. The van der Waals surface area contributed by atoms with Crippen LogP contribution in [0.3, 0.4) is 0 Å². The van der Waals surface area contributed by atoms with E-state index in [-0.39, 0.29) is 17.8 Å². The molecule has 0 spiro atoms. The number of ether oxygens (including phenoxy) is 1. The summed E-state index contributed by atoms with van der Waals surface area (Å²) in [6.45, 7) is 0.665. The van der Waals surface area contributed by atoms with Crippen molar-refractivity contribution in [2.45, 2.75) is 12.3 Å². The fourth-order valence-corrected chi connectivity index (χ4v) is 1.64. The summed E-state index contributed by atoms with van der Waals surface area (Å²) in [4.78, 5) is 13.1. The number of nitrogens with zero attached hydrogens (tertiary/aromatic N) is 4. The van der Waals surface area contributed by atoms with Crippen molar-refractivity contribution in [3.05, 3.63) is 0 Å². The van der Waals surface area contributed by atoms with Gasteiger partial charge in [-0.1, -0.05) is 0 Å². The van der Waals surface area contributed by atoms with Gasteiger partial charge >= 0.3 is 12.3 Å². The van der Waals surface area contributed by atoms with E-state index in [1.807, 2.05) is 0 Å². The van der Waals surface area contributed by atoms with Crippen LogP contribution in [0.4, 0.5) is 35.4 Å². The molecule has 1 saturated heterocycles. The standard InChI is InChI=1S/C10H14F4N6O/c11-6(12)10(13,14)5-16-8-17-7(15)18-9(19-8)20-1-3-21-4-2-20/h6H,1-5H2,(H3,15,16,17,18,19). The first-order chi connectivity index (χ1) is 9.88. The van der Waals surface area contributed by atoms with Crippen LogP contribution in [-0.2, 0) is 4.74 Å². The molecule has 7 nitrogen and oxygen atoms in total. The third-order valence-corrected chi connectivity index (χ3v) is 2.74. The van der Waals surface area contributed by atoms with Gasteiger partial charge in [0.2, 0.25) is 17.8 Å². The summed E-state index contributed by atoms with van der Waals surface area (Å²) in [7, 11) is 0. The summed E-state index contributed by atoms with van der Waals surface area (Å²) in [6, 6.07) is 0. The monoisotopic (exact) mass is 310 g/mol. The molecule has 1 aromatic heterocycles. The predicted octanol–water partition coefficient (Wildman–Crippen LogP) is 0.603. The van der Waals surface area contributed by atoms with Gasteiger partial charge in [-0.05, 0) is 0 Å². The molecular formula is C10H14F4N6O. The van der Waals surface area contributed by atoms with Crippen LogP contribution >= 0.6 is 0 Å². The normalized spacial score (nSPS) is 16.3. The zero-order valence-electron chi connectivity index (χ0n) is 10.9. The average Bonchev–Trinajstić information content (AvgIpc) is 2.45. The van der Waals surface area contributed by atoms with Crippen molar-refractivity contribution in [3.8, 4) is 0 Å². The van der Waals surface area contributed by atoms with Gasteiger partial charge in [-0.3, -0.25) is 0 Å². The summed E-state index contributed by atoms with van der Waals surface area (Å²) < 4.78 is 55.0. The lowest BCUT2D eigenvalue weighted by molar-refractivity contribution is -0.117. The third-order valence-electron chi connectivity index (χ3n) is 2.74. The zero-order valence-corrected chi connectivity index (χ0v) is 10.9. The topological polar surface area (TPSA) is 89.2 Å². The van der Waals surface area contributed by atoms with E-state index >= 15 is 0 Å². The molecule has 0 radical (unpaired) electrons. The van der Waals surface area contributed by atoms with Crippen LogP contribution < -0.4 is 16.0 Å². The Morgan fingerprint density at radius 3 is 2.52 bits per heavy atom. The van der Waals surface area contributed by atoms with Gasteiger partial charge in [-0.15, -0.1) is 0 Å². The van der Waals surface area contributed by atoms with Gasteiger partial charge in [0.25, 0.3) is 0 Å². The molecule has 0 aliphatic carbocycles. The highest BCUT2D eigenvalue weighted by Gasteiger charge is 2.40. The summed E-state index contributed by atoms with van der Waals surface area (Å²) in [6.07, 6.45) is -3.78. The Hall–Kier alpha value is -1.91. The molecule has 1 aliphatic heterocycles. The lowest BCUT2D eigenvalue weighted by Crippen LogP contribution is -2.38. The van der Waals surface area contributed by atoms with Crippen molar-refractivity contribution < 1.29 is 22.3 Å². The Bertz CT molecular complexity index is 483. The fourth-order valence-electron chi connectivity index (χ4n) is 1.64. The van der Waals surface area contributed by atoms with E-state index < -0.39 is 18.9 Å². The van der Waals surface area contributed by atoms with Crippen molar-refractivity contribution in [3.63, 3.8) is 0 Å². The molecule has 1 aliphatic rings. The number of hydrogen-bond donors (Lipinski definition) is 2. The van der Waals surface area contributed by atoms with Crippen molar-refractivity contribution in [1.82, 2.24) is 15.0 Å². The lowest BCUT2D eigenvalue weighted by atomic mass is 10.3. The van der Waals surface area contributed by atoms with Crippen LogP contribution in [0.15, 0.2) is 0 Å². The van der Waals surface area contributed by atoms with Gasteiger partial charge in [0.1, 0.15) is 0 Å². The number of anilines is 3. The Balaban J connectivity index is 2.08. The molecule has 11 heteroatoms. The molecule has 2 rings (SSSR count). The van der Waals surface area contributed by atoms with E-state index in [4.69, 9.17) is 10.5 Å². The number of halogens is 4. The summed E-state index contributed by atoms with van der Waals surface area (Å²) >= 11 is 0. The summed E-state index contributed by atoms with van der Waals surface area (Å²) in [5.74, 6) is -4.45. The zero-order chi connectivity index (χ0) is 15.5. The van der Waals surface area contributed by atoms with E-state index in [9.17, 15) is 17.6 Å². The van der Waals surface area contributed by atoms with Gasteiger partial charge in [0, 0.05) is 13.1 Å². The largest absolute Gasteiger partial charge is 0.378 e. The highest BCUT2D eigenvalue weighted by Crippen LogP contribution is 2.23. The number of nitrogens with one attached hydrogen (secondary N) is 1. The Kier molecular flexibility index (Phi) is 4.60. The SMILES string of the molecule is Nc1nc(NCC(F)(F)C(F)F)nc(N2CCOCC2)n1. The van der Waals surface area contributed by atoms with Crippen LogP contribution in [0.25, 0.3) is 0 Å². The number of hydrogen-bond acceptors (Lipinski definition) is 7. The van der Waals surface area contributed by atoms with E-state index in [0.717, 1.165) is 0 Å². The van der Waals surface area contributed by atoms with E-state index in [1.165, 1.54) is 0 Å². The van der Waals surface area contributed by atoms with Crippen molar-refractivity contribution >= 4 is 17.8 Å². The minimum atomic E-state index is -4.18. The number of alkyl halides is 4. The van der Waals surface area contributed by atoms with Gasteiger partial charge < -0.3 is 20.7 Å². The second kappa shape index (κ2) is 6.24. The second-order valence-electron chi connectivity index (χ2n) is 4.33. The minimum Gasteiger partial charge on any atom is -0.378 e. The molecule has 0 atom stereocenters. The lowest BCUT2D eigenvalue weighted by Gasteiger charge is -2.27.